The topological polar surface area (TPSA) is 63.6 Å². The first-order valence-corrected chi connectivity index (χ1v) is 5.40. The number of rotatable bonds is 4. The summed E-state index contributed by atoms with van der Waals surface area (Å²) in [6, 6.07) is 6.83. The van der Waals surface area contributed by atoms with E-state index in [0.29, 0.717) is 5.56 Å². The average Bonchev–Trinajstić information content (AvgIpc) is 2.29. The van der Waals surface area contributed by atoms with Crippen LogP contribution in [0.2, 0.25) is 0 Å². The van der Waals surface area contributed by atoms with E-state index in [1.165, 1.54) is 6.92 Å². The van der Waals surface area contributed by atoms with Gasteiger partial charge in [-0.1, -0.05) is 29.8 Å². The van der Waals surface area contributed by atoms with E-state index in [-0.39, 0.29) is 6.61 Å². The third-order valence-electron chi connectivity index (χ3n) is 2.74. The van der Waals surface area contributed by atoms with E-state index < -0.39 is 17.4 Å². The van der Waals surface area contributed by atoms with Crippen molar-refractivity contribution in [3.8, 4) is 0 Å². The Hall–Kier alpha value is -1.84. The van der Waals surface area contributed by atoms with Crippen molar-refractivity contribution >= 4 is 11.9 Å². The molecular formula is C13H16O4. The standard InChI is InChI=1S/C13H16O4/c1-4-17-12(16)13(3,11(14)15)10-7-5-9(2)6-8-10/h5-8H,4H2,1-3H3,(H,14,15). The minimum atomic E-state index is -1.65. The van der Waals surface area contributed by atoms with Crippen molar-refractivity contribution in [2.45, 2.75) is 26.2 Å². The number of esters is 1. The van der Waals surface area contributed by atoms with Crippen molar-refractivity contribution < 1.29 is 19.4 Å². The van der Waals surface area contributed by atoms with Crippen LogP contribution < -0.4 is 0 Å². The second-order valence-corrected chi connectivity index (χ2v) is 4.02. The van der Waals surface area contributed by atoms with Gasteiger partial charge in [-0.15, -0.1) is 0 Å². The molecule has 0 fully saturated rings. The van der Waals surface area contributed by atoms with Crippen molar-refractivity contribution in [3.63, 3.8) is 0 Å². The Morgan fingerprint density at radius 2 is 1.82 bits per heavy atom. The van der Waals surface area contributed by atoms with Gasteiger partial charge in [-0.25, -0.2) is 0 Å². The van der Waals surface area contributed by atoms with Crippen molar-refractivity contribution in [2.24, 2.45) is 0 Å². The van der Waals surface area contributed by atoms with Gasteiger partial charge < -0.3 is 9.84 Å². The first kappa shape index (κ1) is 13.2. The quantitative estimate of drug-likeness (QED) is 0.640. The minimum Gasteiger partial charge on any atom is -0.480 e. The van der Waals surface area contributed by atoms with Gasteiger partial charge in [-0.3, -0.25) is 9.59 Å². The molecule has 0 aliphatic carbocycles. The van der Waals surface area contributed by atoms with Crippen molar-refractivity contribution in [1.82, 2.24) is 0 Å². The van der Waals surface area contributed by atoms with Gasteiger partial charge in [-0.2, -0.15) is 0 Å². The number of aliphatic carboxylic acids is 1. The van der Waals surface area contributed by atoms with Crippen molar-refractivity contribution in [2.75, 3.05) is 6.61 Å². The zero-order valence-electron chi connectivity index (χ0n) is 10.2. The maximum Gasteiger partial charge on any atom is 0.327 e. The summed E-state index contributed by atoms with van der Waals surface area (Å²) in [5, 5.41) is 9.25. The predicted octanol–water partition coefficient (Wildman–Crippen LogP) is 1.90. The zero-order valence-corrected chi connectivity index (χ0v) is 10.2. The normalized spacial score (nSPS) is 13.8. The maximum atomic E-state index is 11.8. The van der Waals surface area contributed by atoms with E-state index >= 15 is 0 Å². The SMILES string of the molecule is CCOC(=O)C(C)(C(=O)O)c1ccc(C)cc1. The molecule has 0 saturated heterocycles. The summed E-state index contributed by atoms with van der Waals surface area (Å²) in [4.78, 5) is 23.1. The van der Waals surface area contributed by atoms with Gasteiger partial charge in [0.05, 0.1) is 6.61 Å². The van der Waals surface area contributed by atoms with Gasteiger partial charge in [0.25, 0.3) is 0 Å². The van der Waals surface area contributed by atoms with Gasteiger partial charge in [0.15, 0.2) is 5.41 Å². The van der Waals surface area contributed by atoms with Crippen LogP contribution in [-0.4, -0.2) is 23.7 Å². The average molecular weight is 236 g/mol. The molecule has 1 aromatic rings. The van der Waals surface area contributed by atoms with Crippen LogP contribution in [0.1, 0.15) is 25.0 Å². The fourth-order valence-electron chi connectivity index (χ4n) is 1.49. The highest BCUT2D eigenvalue weighted by atomic mass is 16.5. The van der Waals surface area contributed by atoms with Gasteiger partial charge in [-0.05, 0) is 26.3 Å². The summed E-state index contributed by atoms with van der Waals surface area (Å²) in [5.74, 6) is -1.95. The first-order chi connectivity index (χ1) is 7.92. The fraction of sp³-hybridized carbons (Fsp3) is 0.385. The lowest BCUT2D eigenvalue weighted by molar-refractivity contribution is -0.160. The maximum absolute atomic E-state index is 11.8. The largest absolute Gasteiger partial charge is 0.480 e. The highest BCUT2D eigenvalue weighted by molar-refractivity contribution is 6.05. The van der Waals surface area contributed by atoms with E-state index in [0.717, 1.165) is 5.56 Å². The van der Waals surface area contributed by atoms with Gasteiger partial charge in [0, 0.05) is 0 Å². The molecule has 0 aliphatic heterocycles. The summed E-state index contributed by atoms with van der Waals surface area (Å²) >= 11 is 0. The molecule has 4 nitrogen and oxygen atoms in total. The molecule has 0 heterocycles. The van der Waals surface area contributed by atoms with E-state index in [4.69, 9.17) is 4.74 Å². The van der Waals surface area contributed by atoms with Crippen LogP contribution in [-0.2, 0) is 19.7 Å². The lowest BCUT2D eigenvalue weighted by Crippen LogP contribution is -2.42. The number of hydrogen-bond donors (Lipinski definition) is 1. The Morgan fingerprint density at radius 3 is 2.24 bits per heavy atom. The first-order valence-electron chi connectivity index (χ1n) is 5.40. The van der Waals surface area contributed by atoms with E-state index in [9.17, 15) is 14.7 Å². The fourth-order valence-corrected chi connectivity index (χ4v) is 1.49. The van der Waals surface area contributed by atoms with E-state index in [2.05, 4.69) is 0 Å². The molecule has 1 atom stereocenters. The number of carbonyl (C=O) groups is 2. The molecule has 0 saturated carbocycles. The van der Waals surface area contributed by atoms with E-state index in [1.54, 1.807) is 31.2 Å². The summed E-state index contributed by atoms with van der Waals surface area (Å²) in [6.07, 6.45) is 0. The van der Waals surface area contributed by atoms with Crippen LogP contribution in [0.25, 0.3) is 0 Å². The summed E-state index contributed by atoms with van der Waals surface area (Å²) < 4.78 is 4.83. The molecule has 92 valence electrons. The molecule has 1 rings (SSSR count). The third-order valence-corrected chi connectivity index (χ3v) is 2.74. The lowest BCUT2D eigenvalue weighted by atomic mass is 9.82. The molecular weight excluding hydrogens is 220 g/mol. The Labute approximate surface area is 100 Å². The predicted molar refractivity (Wildman–Crippen MR) is 62.8 cm³/mol. The number of benzene rings is 1. The van der Waals surface area contributed by atoms with Gasteiger partial charge in [0.1, 0.15) is 0 Å². The van der Waals surface area contributed by atoms with Crippen LogP contribution in [0.4, 0.5) is 0 Å². The molecule has 0 bridgehead atoms. The Kier molecular flexibility index (Phi) is 3.89. The second-order valence-electron chi connectivity index (χ2n) is 4.02. The highest BCUT2D eigenvalue weighted by Gasteiger charge is 2.44. The van der Waals surface area contributed by atoms with E-state index in [1.807, 2.05) is 6.92 Å². The lowest BCUT2D eigenvalue weighted by Gasteiger charge is -2.23. The Bertz CT molecular complexity index is 422. The molecule has 17 heavy (non-hydrogen) atoms. The van der Waals surface area contributed by atoms with Crippen molar-refractivity contribution in [3.05, 3.63) is 35.4 Å². The number of hydrogen-bond acceptors (Lipinski definition) is 3. The van der Waals surface area contributed by atoms with Crippen LogP contribution in [0.15, 0.2) is 24.3 Å². The number of carbonyl (C=O) groups excluding carboxylic acids is 1. The van der Waals surface area contributed by atoms with Crippen LogP contribution in [0.5, 0.6) is 0 Å². The van der Waals surface area contributed by atoms with Gasteiger partial charge in [0.2, 0.25) is 0 Å². The molecule has 0 radical (unpaired) electrons. The molecule has 0 spiro atoms. The molecule has 1 unspecified atom stereocenters. The summed E-state index contributed by atoms with van der Waals surface area (Å²) in [6.45, 7) is 5.06. The zero-order chi connectivity index (χ0) is 13.1. The van der Waals surface area contributed by atoms with Crippen LogP contribution >= 0.6 is 0 Å². The number of aryl methyl sites for hydroxylation is 1. The number of carboxylic acids is 1. The minimum absolute atomic E-state index is 0.160. The Morgan fingerprint density at radius 1 is 1.29 bits per heavy atom. The molecule has 0 aliphatic rings. The number of carboxylic acid groups (broad SMARTS) is 1. The highest BCUT2D eigenvalue weighted by Crippen LogP contribution is 2.26. The second kappa shape index (κ2) is 4.99. The molecule has 4 heteroatoms. The smallest absolute Gasteiger partial charge is 0.327 e. The summed E-state index contributed by atoms with van der Waals surface area (Å²) in [7, 11) is 0. The van der Waals surface area contributed by atoms with Crippen molar-refractivity contribution in [1.29, 1.82) is 0 Å². The molecule has 1 N–H and O–H groups in total. The van der Waals surface area contributed by atoms with Gasteiger partial charge >= 0.3 is 11.9 Å². The van der Waals surface area contributed by atoms with Crippen LogP contribution in [0.3, 0.4) is 0 Å². The van der Waals surface area contributed by atoms with Crippen LogP contribution in [0, 0.1) is 6.92 Å². The monoisotopic (exact) mass is 236 g/mol. The molecule has 0 amide bonds. The third kappa shape index (κ3) is 2.46. The molecule has 1 aromatic carbocycles. The Balaban J connectivity index is 3.20. The molecule has 0 aromatic heterocycles. The summed E-state index contributed by atoms with van der Waals surface area (Å²) in [5.41, 5.74) is -0.219. The number of ether oxygens (including phenoxy) is 1.